The van der Waals surface area contributed by atoms with Gasteiger partial charge in [0.2, 0.25) is 0 Å². The van der Waals surface area contributed by atoms with Crippen LogP contribution in [0.4, 0.5) is 0 Å². The van der Waals surface area contributed by atoms with E-state index in [1.807, 2.05) is 0 Å². The predicted octanol–water partition coefficient (Wildman–Crippen LogP) is 7.69. The minimum Gasteiger partial charge on any atom is -0.507 e. The molecular formula is C26H45NO2S. The molecule has 0 spiro atoms. The summed E-state index contributed by atoms with van der Waals surface area (Å²) in [5.74, 6) is 0.477. The fraction of sp³-hybridized carbons (Fsp3) is 0.731. The van der Waals surface area contributed by atoms with Crippen molar-refractivity contribution in [2.75, 3.05) is 7.05 Å². The SMILES string of the molecule is CN(O)C(=S)CCCCCCCCCCc1cc(C(C)(C)C)c(O)c(C(C)(C)C)c1. The maximum atomic E-state index is 10.9. The molecule has 0 amide bonds. The van der Waals surface area contributed by atoms with Crippen molar-refractivity contribution in [2.24, 2.45) is 0 Å². The average Bonchev–Trinajstić information content (AvgIpc) is 2.61. The highest BCUT2D eigenvalue weighted by Crippen LogP contribution is 2.40. The Balaban J connectivity index is 2.41. The van der Waals surface area contributed by atoms with Crippen LogP contribution < -0.4 is 0 Å². The number of nitrogens with zero attached hydrogens (tertiary/aromatic N) is 1. The van der Waals surface area contributed by atoms with E-state index < -0.39 is 0 Å². The fourth-order valence-corrected chi connectivity index (χ4v) is 3.95. The van der Waals surface area contributed by atoms with Gasteiger partial charge in [0.1, 0.15) is 10.7 Å². The molecule has 0 saturated heterocycles. The van der Waals surface area contributed by atoms with Gasteiger partial charge in [-0.15, -0.1) is 0 Å². The van der Waals surface area contributed by atoms with Crippen LogP contribution in [0.2, 0.25) is 0 Å². The van der Waals surface area contributed by atoms with Crippen molar-refractivity contribution < 1.29 is 10.3 Å². The van der Waals surface area contributed by atoms with E-state index in [0.29, 0.717) is 10.7 Å². The molecule has 0 saturated carbocycles. The Morgan fingerprint density at radius 2 is 1.20 bits per heavy atom. The first kappa shape index (κ1) is 26.9. The quantitative estimate of drug-likeness (QED) is 0.212. The summed E-state index contributed by atoms with van der Waals surface area (Å²) in [6.45, 7) is 13.0. The number of unbranched alkanes of at least 4 members (excludes halogenated alkanes) is 7. The van der Waals surface area contributed by atoms with Gasteiger partial charge < -0.3 is 5.11 Å². The van der Waals surface area contributed by atoms with E-state index in [9.17, 15) is 10.3 Å². The number of hydrogen-bond donors (Lipinski definition) is 2. The number of aryl methyl sites for hydroxylation is 1. The summed E-state index contributed by atoms with van der Waals surface area (Å²) in [4.78, 5) is 0.633. The molecule has 3 nitrogen and oxygen atoms in total. The maximum Gasteiger partial charge on any atom is 0.123 e. The van der Waals surface area contributed by atoms with Crippen molar-refractivity contribution in [1.29, 1.82) is 0 Å². The Morgan fingerprint density at radius 3 is 1.60 bits per heavy atom. The van der Waals surface area contributed by atoms with Gasteiger partial charge in [0.15, 0.2) is 0 Å². The largest absolute Gasteiger partial charge is 0.507 e. The Bertz CT molecular complexity index is 634. The molecule has 0 aliphatic carbocycles. The number of benzene rings is 1. The number of phenolic OH excluding ortho intramolecular Hbond substituents is 1. The maximum absolute atomic E-state index is 10.9. The van der Waals surface area contributed by atoms with Crippen LogP contribution in [0.15, 0.2) is 12.1 Å². The lowest BCUT2D eigenvalue weighted by Crippen LogP contribution is -2.19. The molecule has 0 bridgehead atoms. The molecule has 30 heavy (non-hydrogen) atoms. The molecule has 1 aromatic rings. The Hall–Kier alpha value is -1.13. The summed E-state index contributed by atoms with van der Waals surface area (Å²) < 4.78 is 0. The average molecular weight is 436 g/mol. The summed E-state index contributed by atoms with van der Waals surface area (Å²) in [5, 5.41) is 21.1. The van der Waals surface area contributed by atoms with Crippen LogP contribution >= 0.6 is 12.2 Å². The molecular weight excluding hydrogens is 390 g/mol. The first-order valence-electron chi connectivity index (χ1n) is 11.7. The van der Waals surface area contributed by atoms with Gasteiger partial charge in [0.25, 0.3) is 0 Å². The number of thiocarbonyl (C=S) groups is 1. The van der Waals surface area contributed by atoms with Gasteiger partial charge in [-0.1, -0.05) is 104 Å². The second-order valence-corrected chi connectivity index (χ2v) is 11.3. The molecule has 0 aliphatic heterocycles. The molecule has 0 unspecified atom stereocenters. The fourth-order valence-electron chi connectivity index (χ4n) is 3.81. The van der Waals surface area contributed by atoms with E-state index in [0.717, 1.165) is 35.5 Å². The van der Waals surface area contributed by atoms with Crippen LogP contribution in [-0.2, 0) is 17.3 Å². The smallest absolute Gasteiger partial charge is 0.123 e. The third-order valence-electron chi connectivity index (χ3n) is 5.75. The van der Waals surface area contributed by atoms with Gasteiger partial charge in [-0.2, -0.15) is 0 Å². The van der Waals surface area contributed by atoms with Crippen LogP contribution in [0.5, 0.6) is 5.75 Å². The number of phenols is 1. The topological polar surface area (TPSA) is 43.7 Å². The summed E-state index contributed by atoms with van der Waals surface area (Å²) >= 11 is 5.09. The molecule has 172 valence electrons. The summed E-state index contributed by atoms with van der Waals surface area (Å²) in [7, 11) is 1.59. The Kier molecular flexibility index (Phi) is 10.8. The van der Waals surface area contributed by atoms with E-state index in [4.69, 9.17) is 12.2 Å². The summed E-state index contributed by atoms with van der Waals surface area (Å²) in [5.41, 5.74) is 3.37. The van der Waals surface area contributed by atoms with Crippen molar-refractivity contribution >= 4 is 17.2 Å². The van der Waals surface area contributed by atoms with Crippen LogP contribution in [0.1, 0.15) is 116 Å². The van der Waals surface area contributed by atoms with Gasteiger partial charge in [-0.25, -0.2) is 0 Å². The second-order valence-electron chi connectivity index (χ2n) is 10.8. The summed E-state index contributed by atoms with van der Waals surface area (Å²) in [6, 6.07) is 4.44. The molecule has 4 heteroatoms. The van der Waals surface area contributed by atoms with Gasteiger partial charge in [-0.05, 0) is 46.8 Å². The number of hydroxylamine groups is 2. The third kappa shape index (κ3) is 9.34. The van der Waals surface area contributed by atoms with Gasteiger partial charge >= 0.3 is 0 Å². The lowest BCUT2D eigenvalue weighted by atomic mass is 9.78. The molecule has 0 atom stereocenters. The zero-order chi connectivity index (χ0) is 22.9. The molecule has 1 aromatic carbocycles. The first-order chi connectivity index (χ1) is 13.8. The lowest BCUT2D eigenvalue weighted by Gasteiger charge is -2.28. The zero-order valence-electron chi connectivity index (χ0n) is 20.5. The minimum absolute atomic E-state index is 0.0591. The highest BCUT2D eigenvalue weighted by atomic mass is 32.1. The van der Waals surface area contributed by atoms with E-state index in [1.54, 1.807) is 7.05 Å². The van der Waals surface area contributed by atoms with Gasteiger partial charge in [-0.3, -0.25) is 10.3 Å². The Labute approximate surface area is 190 Å². The molecule has 0 aromatic heterocycles. The molecule has 0 heterocycles. The Morgan fingerprint density at radius 1 is 0.800 bits per heavy atom. The third-order valence-corrected chi connectivity index (χ3v) is 6.22. The monoisotopic (exact) mass is 435 g/mol. The number of aromatic hydroxyl groups is 1. The normalized spacial score (nSPS) is 12.3. The van der Waals surface area contributed by atoms with Crippen molar-refractivity contribution in [3.8, 4) is 5.75 Å². The van der Waals surface area contributed by atoms with Gasteiger partial charge in [0.05, 0.1) is 0 Å². The standard InChI is InChI=1S/C26H45NO2S/c1-25(2,3)21-18-20(19-22(24(21)28)26(4,5)6)16-14-12-10-8-9-11-13-15-17-23(30)27(7)29/h18-19,28-29H,8-17H2,1-7H3. The van der Waals surface area contributed by atoms with Gasteiger partial charge in [0, 0.05) is 13.5 Å². The van der Waals surface area contributed by atoms with Crippen LogP contribution in [-0.4, -0.2) is 27.4 Å². The van der Waals surface area contributed by atoms with E-state index in [-0.39, 0.29) is 10.8 Å². The van der Waals surface area contributed by atoms with Crippen LogP contribution in [0.3, 0.4) is 0 Å². The highest BCUT2D eigenvalue weighted by Gasteiger charge is 2.26. The van der Waals surface area contributed by atoms with Crippen LogP contribution in [0.25, 0.3) is 0 Å². The first-order valence-corrected chi connectivity index (χ1v) is 12.1. The van der Waals surface area contributed by atoms with E-state index in [1.165, 1.54) is 50.5 Å². The zero-order valence-corrected chi connectivity index (χ0v) is 21.3. The molecule has 1 rings (SSSR count). The van der Waals surface area contributed by atoms with Crippen LogP contribution in [0, 0.1) is 0 Å². The molecule has 2 N–H and O–H groups in total. The lowest BCUT2D eigenvalue weighted by molar-refractivity contribution is 0.0142. The highest BCUT2D eigenvalue weighted by molar-refractivity contribution is 7.80. The summed E-state index contributed by atoms with van der Waals surface area (Å²) in [6.07, 6.45) is 11.7. The van der Waals surface area contributed by atoms with Crippen molar-refractivity contribution in [1.82, 2.24) is 5.06 Å². The molecule has 0 radical (unpaired) electrons. The van der Waals surface area contributed by atoms with Crippen molar-refractivity contribution in [2.45, 2.75) is 117 Å². The number of rotatable bonds is 11. The minimum atomic E-state index is -0.0591. The van der Waals surface area contributed by atoms with E-state index >= 15 is 0 Å². The van der Waals surface area contributed by atoms with E-state index in [2.05, 4.69) is 53.7 Å². The van der Waals surface area contributed by atoms with Crippen molar-refractivity contribution in [3.05, 3.63) is 28.8 Å². The second kappa shape index (κ2) is 12.0. The van der Waals surface area contributed by atoms with Crippen molar-refractivity contribution in [3.63, 3.8) is 0 Å². The predicted molar refractivity (Wildman–Crippen MR) is 133 cm³/mol. The molecule has 0 aliphatic rings. The molecule has 0 fully saturated rings. The number of hydrogen-bond acceptors (Lipinski definition) is 3.